The van der Waals surface area contributed by atoms with E-state index in [0.717, 1.165) is 11.8 Å². The number of benzene rings is 1. The molecule has 1 aromatic heterocycles. The van der Waals surface area contributed by atoms with Crippen LogP contribution in [-0.4, -0.2) is 6.04 Å². The molecule has 1 saturated carbocycles. The van der Waals surface area contributed by atoms with E-state index in [1.807, 2.05) is 0 Å². The van der Waals surface area contributed by atoms with E-state index in [0.29, 0.717) is 22.8 Å². The van der Waals surface area contributed by atoms with Crippen molar-refractivity contribution in [3.63, 3.8) is 0 Å². The van der Waals surface area contributed by atoms with Gasteiger partial charge in [0.25, 0.3) is 0 Å². The smallest absolute Gasteiger partial charge is 0.138 e. The summed E-state index contributed by atoms with van der Waals surface area (Å²) < 4.78 is 32.8. The maximum Gasteiger partial charge on any atom is 0.138 e. The molecule has 1 aromatic carbocycles. The molecule has 0 atom stereocenters. The van der Waals surface area contributed by atoms with Gasteiger partial charge in [0, 0.05) is 16.6 Å². The number of hydrogen-bond donors (Lipinski definition) is 1. The predicted molar refractivity (Wildman–Crippen MR) is 71.6 cm³/mol. The lowest BCUT2D eigenvalue weighted by atomic mass is 10.1. The van der Waals surface area contributed by atoms with Crippen molar-refractivity contribution >= 4 is 15.9 Å². The highest BCUT2D eigenvalue weighted by Crippen LogP contribution is 2.33. The van der Waals surface area contributed by atoms with E-state index in [1.54, 1.807) is 12.1 Å². The summed E-state index contributed by atoms with van der Waals surface area (Å²) in [7, 11) is 0. The molecule has 0 amide bonds. The number of hydrogen-bond acceptors (Lipinski definition) is 2. The van der Waals surface area contributed by atoms with Crippen LogP contribution in [0.4, 0.5) is 8.78 Å². The first-order valence-electron chi connectivity index (χ1n) is 6.10. The molecule has 1 heterocycles. The Labute approximate surface area is 117 Å². The van der Waals surface area contributed by atoms with E-state index in [9.17, 15) is 8.78 Å². The van der Waals surface area contributed by atoms with Gasteiger partial charge >= 0.3 is 0 Å². The van der Waals surface area contributed by atoms with Gasteiger partial charge in [-0.2, -0.15) is 0 Å². The Kier molecular flexibility index (Phi) is 3.41. The molecule has 0 spiro atoms. The van der Waals surface area contributed by atoms with Crippen LogP contribution in [0.2, 0.25) is 0 Å². The number of furan rings is 1. The summed E-state index contributed by atoms with van der Waals surface area (Å²) in [5, 5.41) is 3.32. The minimum atomic E-state index is -0.636. The topological polar surface area (TPSA) is 25.2 Å². The second kappa shape index (κ2) is 5.06. The standard InChI is InChI=1S/C14H12BrF2NO/c15-11-5-8(16)6-12(17)14(11)13-4-3-10(19-13)7-18-9-1-2-9/h3-6,9,18H,1-2,7H2. The average molecular weight is 328 g/mol. The largest absolute Gasteiger partial charge is 0.460 e. The van der Waals surface area contributed by atoms with E-state index in [4.69, 9.17) is 4.42 Å². The molecule has 0 unspecified atom stereocenters. The minimum Gasteiger partial charge on any atom is -0.460 e. The third-order valence-electron chi connectivity index (χ3n) is 3.06. The Balaban J connectivity index is 1.85. The number of halogens is 3. The summed E-state index contributed by atoms with van der Waals surface area (Å²) >= 11 is 3.16. The molecule has 100 valence electrons. The molecule has 3 rings (SSSR count). The van der Waals surface area contributed by atoms with Crippen molar-refractivity contribution in [3.05, 3.63) is 46.1 Å². The van der Waals surface area contributed by atoms with E-state index >= 15 is 0 Å². The molecule has 0 bridgehead atoms. The molecular formula is C14H12BrF2NO. The maximum absolute atomic E-state index is 13.8. The Morgan fingerprint density at radius 2 is 2.05 bits per heavy atom. The van der Waals surface area contributed by atoms with Gasteiger partial charge in [-0.05, 0) is 47.0 Å². The fourth-order valence-corrected chi connectivity index (χ4v) is 2.52. The first kappa shape index (κ1) is 12.8. The van der Waals surface area contributed by atoms with Crippen LogP contribution in [0.5, 0.6) is 0 Å². The summed E-state index contributed by atoms with van der Waals surface area (Å²) in [4.78, 5) is 0. The fourth-order valence-electron chi connectivity index (χ4n) is 1.92. The van der Waals surface area contributed by atoms with E-state index in [1.165, 1.54) is 18.9 Å². The van der Waals surface area contributed by atoms with Crippen molar-refractivity contribution in [2.24, 2.45) is 0 Å². The van der Waals surface area contributed by atoms with Gasteiger partial charge in [0.2, 0.25) is 0 Å². The minimum absolute atomic E-state index is 0.249. The summed E-state index contributed by atoms with van der Waals surface area (Å²) in [6.45, 7) is 0.630. The summed E-state index contributed by atoms with van der Waals surface area (Å²) in [6.07, 6.45) is 2.40. The second-order valence-electron chi connectivity index (χ2n) is 4.67. The zero-order valence-electron chi connectivity index (χ0n) is 10.1. The maximum atomic E-state index is 13.8. The molecule has 0 aliphatic heterocycles. The third kappa shape index (κ3) is 2.87. The van der Waals surface area contributed by atoms with Crippen LogP contribution >= 0.6 is 15.9 Å². The van der Waals surface area contributed by atoms with Crippen molar-refractivity contribution in [1.82, 2.24) is 5.32 Å². The van der Waals surface area contributed by atoms with Crippen LogP contribution in [0.15, 0.2) is 33.2 Å². The molecule has 0 saturated heterocycles. The summed E-state index contributed by atoms with van der Waals surface area (Å²) in [5.74, 6) is -0.104. The van der Waals surface area contributed by atoms with Gasteiger partial charge in [-0.25, -0.2) is 8.78 Å². The molecular weight excluding hydrogens is 316 g/mol. The van der Waals surface area contributed by atoms with Gasteiger partial charge in [0.1, 0.15) is 23.2 Å². The summed E-state index contributed by atoms with van der Waals surface area (Å²) in [5.41, 5.74) is 0.249. The van der Waals surface area contributed by atoms with Crippen LogP contribution in [0, 0.1) is 11.6 Å². The quantitative estimate of drug-likeness (QED) is 0.908. The zero-order chi connectivity index (χ0) is 13.4. The van der Waals surface area contributed by atoms with Crippen molar-refractivity contribution in [2.75, 3.05) is 0 Å². The van der Waals surface area contributed by atoms with Crippen LogP contribution < -0.4 is 5.32 Å². The zero-order valence-corrected chi connectivity index (χ0v) is 11.6. The van der Waals surface area contributed by atoms with Crippen molar-refractivity contribution in [2.45, 2.75) is 25.4 Å². The van der Waals surface area contributed by atoms with Gasteiger partial charge in [-0.3, -0.25) is 0 Å². The van der Waals surface area contributed by atoms with Gasteiger partial charge < -0.3 is 9.73 Å². The first-order chi connectivity index (χ1) is 9.13. The lowest BCUT2D eigenvalue weighted by molar-refractivity contribution is 0.488. The molecule has 1 aliphatic rings. The summed E-state index contributed by atoms with van der Waals surface area (Å²) in [6, 6.07) is 6.17. The van der Waals surface area contributed by atoms with E-state index in [2.05, 4.69) is 21.2 Å². The molecule has 1 N–H and O–H groups in total. The highest BCUT2D eigenvalue weighted by molar-refractivity contribution is 9.10. The normalized spacial score (nSPS) is 14.9. The predicted octanol–water partition coefficient (Wildman–Crippen LogP) is 4.24. The molecule has 1 fully saturated rings. The SMILES string of the molecule is Fc1cc(F)c(-c2ccc(CNC3CC3)o2)c(Br)c1. The monoisotopic (exact) mass is 327 g/mol. The molecule has 0 radical (unpaired) electrons. The van der Waals surface area contributed by atoms with Gasteiger partial charge in [0.05, 0.1) is 12.1 Å². The van der Waals surface area contributed by atoms with E-state index in [-0.39, 0.29) is 5.56 Å². The molecule has 1 aliphatic carbocycles. The van der Waals surface area contributed by atoms with Gasteiger partial charge in [-0.1, -0.05) is 0 Å². The van der Waals surface area contributed by atoms with Crippen LogP contribution in [0.25, 0.3) is 11.3 Å². The van der Waals surface area contributed by atoms with Crippen molar-refractivity contribution < 1.29 is 13.2 Å². The molecule has 5 heteroatoms. The number of rotatable bonds is 4. The average Bonchev–Trinajstić information content (AvgIpc) is 3.05. The second-order valence-corrected chi connectivity index (χ2v) is 5.52. The van der Waals surface area contributed by atoms with Gasteiger partial charge in [-0.15, -0.1) is 0 Å². The van der Waals surface area contributed by atoms with Gasteiger partial charge in [0.15, 0.2) is 0 Å². The highest BCUT2D eigenvalue weighted by Gasteiger charge is 2.21. The lowest BCUT2D eigenvalue weighted by Crippen LogP contribution is -2.14. The van der Waals surface area contributed by atoms with Crippen LogP contribution in [0.1, 0.15) is 18.6 Å². The molecule has 19 heavy (non-hydrogen) atoms. The first-order valence-corrected chi connectivity index (χ1v) is 6.90. The van der Waals surface area contributed by atoms with Crippen molar-refractivity contribution in [3.8, 4) is 11.3 Å². The lowest BCUT2D eigenvalue weighted by Gasteiger charge is -2.04. The Morgan fingerprint density at radius 3 is 2.74 bits per heavy atom. The van der Waals surface area contributed by atoms with Crippen LogP contribution in [-0.2, 0) is 6.54 Å². The highest BCUT2D eigenvalue weighted by atomic mass is 79.9. The Bertz CT molecular complexity index is 584. The Hall–Kier alpha value is -1.20. The van der Waals surface area contributed by atoms with Crippen LogP contribution in [0.3, 0.4) is 0 Å². The molecule has 2 nitrogen and oxygen atoms in total. The third-order valence-corrected chi connectivity index (χ3v) is 3.68. The van der Waals surface area contributed by atoms with E-state index < -0.39 is 11.6 Å². The Morgan fingerprint density at radius 1 is 1.26 bits per heavy atom. The fraction of sp³-hybridized carbons (Fsp3) is 0.286. The van der Waals surface area contributed by atoms with Crippen molar-refractivity contribution in [1.29, 1.82) is 0 Å². The molecule has 2 aromatic rings. The number of nitrogens with one attached hydrogen (secondary N) is 1.